The molecule has 20 heavy (non-hydrogen) atoms. The Morgan fingerprint density at radius 2 is 1.75 bits per heavy atom. The van der Waals surface area contributed by atoms with Crippen LogP contribution in [0.3, 0.4) is 0 Å². The zero-order valence-electron chi connectivity index (χ0n) is 13.4. The van der Waals surface area contributed by atoms with E-state index in [9.17, 15) is 9.36 Å². The number of hydrogen-bond donors (Lipinski definition) is 0. The summed E-state index contributed by atoms with van der Waals surface area (Å²) in [4.78, 5) is 12.0. The first kappa shape index (κ1) is 17.8. The Balaban J connectivity index is 2.96. The summed E-state index contributed by atoms with van der Waals surface area (Å²) < 4.78 is 28.2. The minimum absolute atomic E-state index is 0.0544. The predicted molar refractivity (Wildman–Crippen MR) is 81.4 cm³/mol. The maximum Gasteiger partial charge on any atom is 0.364 e. The smallest absolute Gasteiger partial charge is 0.364 e. The fourth-order valence-corrected chi connectivity index (χ4v) is 4.31. The quantitative estimate of drug-likeness (QED) is 0.570. The summed E-state index contributed by atoms with van der Waals surface area (Å²) in [6.07, 6.45) is 1.48. The maximum absolute atomic E-state index is 12.3. The van der Waals surface area contributed by atoms with E-state index in [0.717, 1.165) is 0 Å². The SMILES string of the molecule is COP(=O)(OC)C1=CC(O[Si](C)(C)C(C)(C)C)CC1=O. The number of rotatable bonds is 5. The molecule has 0 aromatic heterocycles. The lowest BCUT2D eigenvalue weighted by atomic mass is 10.2. The molecule has 0 spiro atoms. The van der Waals surface area contributed by atoms with Crippen LogP contribution in [0.4, 0.5) is 0 Å². The second-order valence-electron chi connectivity index (χ2n) is 6.46. The topological polar surface area (TPSA) is 61.8 Å². The summed E-state index contributed by atoms with van der Waals surface area (Å²) in [5.41, 5.74) is 0. The van der Waals surface area contributed by atoms with Crippen LogP contribution in [0, 0.1) is 0 Å². The molecule has 1 atom stereocenters. The molecule has 0 aliphatic heterocycles. The van der Waals surface area contributed by atoms with E-state index in [1.807, 2.05) is 0 Å². The summed E-state index contributed by atoms with van der Waals surface area (Å²) in [5, 5.41) is 0.171. The number of ketones is 1. The predicted octanol–water partition coefficient (Wildman–Crippen LogP) is 3.72. The minimum atomic E-state index is -3.48. The van der Waals surface area contributed by atoms with Gasteiger partial charge in [-0.1, -0.05) is 20.8 Å². The molecule has 0 aromatic rings. The summed E-state index contributed by atoms with van der Waals surface area (Å²) in [5.74, 6) is -0.222. The second kappa shape index (κ2) is 5.85. The fraction of sp³-hybridized carbons (Fsp3) is 0.769. The van der Waals surface area contributed by atoms with Gasteiger partial charge in [0.05, 0.1) is 6.10 Å². The van der Waals surface area contributed by atoms with Crippen molar-refractivity contribution < 1.29 is 22.8 Å². The van der Waals surface area contributed by atoms with Crippen molar-refractivity contribution in [2.45, 2.75) is 51.4 Å². The molecule has 0 fully saturated rings. The van der Waals surface area contributed by atoms with Gasteiger partial charge in [0.2, 0.25) is 0 Å². The number of allylic oxidation sites excluding steroid dienone is 1. The van der Waals surface area contributed by atoms with Gasteiger partial charge < -0.3 is 13.5 Å². The van der Waals surface area contributed by atoms with Crippen LogP contribution in [-0.4, -0.2) is 34.4 Å². The lowest BCUT2D eigenvalue weighted by Gasteiger charge is -2.37. The standard InChI is InChI=1S/C13H25O5PSi/c1-13(2,3)20(6,7)18-10-8-11(14)12(9-10)19(15,16-4)17-5/h9-10H,8H2,1-7H3. The molecule has 0 N–H and O–H groups in total. The lowest BCUT2D eigenvalue weighted by Crippen LogP contribution is -2.43. The first-order chi connectivity index (χ1) is 8.97. The van der Waals surface area contributed by atoms with E-state index >= 15 is 0 Å². The third kappa shape index (κ3) is 3.49. The fourth-order valence-electron chi connectivity index (χ4n) is 1.76. The summed E-state index contributed by atoms with van der Waals surface area (Å²) in [6.45, 7) is 10.6. The average molecular weight is 320 g/mol. The molecule has 7 heteroatoms. The van der Waals surface area contributed by atoms with Crippen LogP contribution in [0.1, 0.15) is 27.2 Å². The summed E-state index contributed by atoms with van der Waals surface area (Å²) >= 11 is 0. The molecule has 0 radical (unpaired) electrons. The Bertz CT molecular complexity index is 456. The van der Waals surface area contributed by atoms with E-state index < -0.39 is 15.9 Å². The van der Waals surface area contributed by atoms with Gasteiger partial charge in [0.1, 0.15) is 5.31 Å². The van der Waals surface area contributed by atoms with Gasteiger partial charge in [0.15, 0.2) is 14.1 Å². The van der Waals surface area contributed by atoms with Crippen LogP contribution in [0.25, 0.3) is 0 Å². The molecule has 1 unspecified atom stereocenters. The van der Waals surface area contributed by atoms with E-state index in [1.54, 1.807) is 6.08 Å². The first-order valence-electron chi connectivity index (χ1n) is 6.62. The highest BCUT2D eigenvalue weighted by molar-refractivity contribution is 7.60. The second-order valence-corrected chi connectivity index (χ2v) is 13.4. The molecule has 116 valence electrons. The van der Waals surface area contributed by atoms with Gasteiger partial charge in [-0.3, -0.25) is 9.36 Å². The van der Waals surface area contributed by atoms with Crippen molar-refractivity contribution in [1.29, 1.82) is 0 Å². The Morgan fingerprint density at radius 1 is 1.25 bits per heavy atom. The van der Waals surface area contributed by atoms with Gasteiger partial charge in [-0.15, -0.1) is 0 Å². The minimum Gasteiger partial charge on any atom is -0.410 e. The summed E-state index contributed by atoms with van der Waals surface area (Å²) in [7, 11) is -2.90. The van der Waals surface area contributed by atoms with Crippen LogP contribution < -0.4 is 0 Å². The molecular formula is C13H25O5PSi. The van der Waals surface area contributed by atoms with Gasteiger partial charge in [0.25, 0.3) is 0 Å². The molecule has 1 rings (SSSR count). The van der Waals surface area contributed by atoms with Crippen molar-refractivity contribution in [3.63, 3.8) is 0 Å². The van der Waals surface area contributed by atoms with Gasteiger partial charge in [-0.05, 0) is 24.2 Å². The van der Waals surface area contributed by atoms with Crippen molar-refractivity contribution in [3.05, 3.63) is 11.4 Å². The van der Waals surface area contributed by atoms with Gasteiger partial charge in [-0.25, -0.2) is 0 Å². The Labute approximate surface area is 122 Å². The lowest BCUT2D eigenvalue weighted by molar-refractivity contribution is -0.115. The Hall–Kier alpha value is -0.263. The molecule has 0 saturated carbocycles. The molecule has 1 aliphatic rings. The van der Waals surface area contributed by atoms with E-state index in [0.29, 0.717) is 0 Å². The third-order valence-corrected chi connectivity index (χ3v) is 10.5. The third-order valence-electron chi connectivity index (χ3n) is 4.04. The normalized spacial score (nSPS) is 21.2. The van der Waals surface area contributed by atoms with Crippen molar-refractivity contribution in [2.24, 2.45) is 0 Å². The molecule has 0 amide bonds. The van der Waals surface area contributed by atoms with Crippen molar-refractivity contribution in [3.8, 4) is 0 Å². The van der Waals surface area contributed by atoms with E-state index in [4.69, 9.17) is 13.5 Å². The van der Waals surface area contributed by atoms with Gasteiger partial charge in [0, 0.05) is 20.6 Å². The Morgan fingerprint density at radius 3 is 2.15 bits per heavy atom. The molecule has 0 aromatic carbocycles. The van der Waals surface area contributed by atoms with Crippen LogP contribution in [0.2, 0.25) is 18.1 Å². The van der Waals surface area contributed by atoms with E-state index in [-0.39, 0.29) is 28.7 Å². The Kier molecular flexibility index (Phi) is 5.20. The largest absolute Gasteiger partial charge is 0.410 e. The highest BCUT2D eigenvalue weighted by Crippen LogP contribution is 2.57. The molecule has 0 heterocycles. The van der Waals surface area contributed by atoms with Crippen LogP contribution >= 0.6 is 7.60 Å². The molecule has 5 nitrogen and oxygen atoms in total. The molecule has 0 saturated heterocycles. The zero-order valence-corrected chi connectivity index (χ0v) is 15.2. The van der Waals surface area contributed by atoms with Crippen molar-refractivity contribution in [1.82, 2.24) is 0 Å². The van der Waals surface area contributed by atoms with Gasteiger partial charge in [-0.2, -0.15) is 0 Å². The highest BCUT2D eigenvalue weighted by Gasteiger charge is 2.43. The van der Waals surface area contributed by atoms with Crippen LogP contribution in [0.5, 0.6) is 0 Å². The number of Topliss-reactive ketones (excluding diaryl/α,β-unsaturated/α-hetero) is 1. The molecular weight excluding hydrogens is 295 g/mol. The maximum atomic E-state index is 12.3. The summed E-state index contributed by atoms with van der Waals surface area (Å²) in [6, 6.07) is 0. The van der Waals surface area contributed by atoms with Crippen molar-refractivity contribution >= 4 is 21.7 Å². The van der Waals surface area contributed by atoms with Crippen LogP contribution in [-0.2, 0) is 22.8 Å². The molecule has 1 aliphatic carbocycles. The number of carbonyl (C=O) groups is 1. The zero-order chi connectivity index (χ0) is 15.8. The number of carbonyl (C=O) groups excluding carboxylic acids is 1. The first-order valence-corrected chi connectivity index (χ1v) is 11.1. The number of hydrogen-bond acceptors (Lipinski definition) is 5. The monoisotopic (exact) mass is 320 g/mol. The van der Waals surface area contributed by atoms with E-state index in [2.05, 4.69) is 33.9 Å². The van der Waals surface area contributed by atoms with Crippen LogP contribution in [0.15, 0.2) is 11.4 Å². The van der Waals surface area contributed by atoms with Gasteiger partial charge >= 0.3 is 7.60 Å². The van der Waals surface area contributed by atoms with E-state index in [1.165, 1.54) is 14.2 Å². The molecule has 0 bridgehead atoms. The average Bonchev–Trinajstić information content (AvgIpc) is 2.67. The highest BCUT2D eigenvalue weighted by atomic mass is 31.2. The van der Waals surface area contributed by atoms with Crippen molar-refractivity contribution in [2.75, 3.05) is 14.2 Å².